The van der Waals surface area contributed by atoms with Gasteiger partial charge in [0.1, 0.15) is 6.04 Å². The largest absolute Gasteiger partial charge is 0.368 e. The molecule has 13 heavy (non-hydrogen) atoms. The van der Waals surface area contributed by atoms with Gasteiger partial charge in [0.05, 0.1) is 6.54 Å². The molecule has 0 aliphatic carbocycles. The minimum Gasteiger partial charge on any atom is -0.368 e. The fourth-order valence-corrected chi connectivity index (χ4v) is 0.971. The van der Waals surface area contributed by atoms with Crippen molar-refractivity contribution in [3.8, 4) is 0 Å². The first-order valence-corrected chi connectivity index (χ1v) is 4.26. The van der Waals surface area contributed by atoms with E-state index in [2.05, 4.69) is 5.32 Å². The lowest BCUT2D eigenvalue weighted by Gasteiger charge is -2.16. The van der Waals surface area contributed by atoms with Crippen LogP contribution in [0.5, 0.6) is 0 Å². The van der Waals surface area contributed by atoms with Crippen molar-refractivity contribution >= 4 is 11.8 Å². The first-order chi connectivity index (χ1) is 5.97. The van der Waals surface area contributed by atoms with Crippen LogP contribution in [-0.4, -0.2) is 24.4 Å². The summed E-state index contributed by atoms with van der Waals surface area (Å²) in [5.41, 5.74) is 10.2. The van der Waals surface area contributed by atoms with Crippen molar-refractivity contribution in [2.45, 2.75) is 26.3 Å². The zero-order valence-electron chi connectivity index (χ0n) is 8.04. The molecule has 0 bridgehead atoms. The molecule has 0 saturated carbocycles. The summed E-state index contributed by atoms with van der Waals surface area (Å²) in [4.78, 5) is 21.7. The number of amides is 2. The zero-order valence-corrected chi connectivity index (χ0v) is 8.04. The molecule has 2 amide bonds. The summed E-state index contributed by atoms with van der Waals surface area (Å²) in [5, 5.41) is 2.46. The van der Waals surface area contributed by atoms with E-state index in [1.165, 1.54) is 0 Å². The van der Waals surface area contributed by atoms with Crippen LogP contribution >= 0.6 is 0 Å². The monoisotopic (exact) mass is 187 g/mol. The normalized spacial score (nSPS) is 12.6. The first kappa shape index (κ1) is 11.9. The lowest BCUT2D eigenvalue weighted by Crippen LogP contribution is -2.47. The third-order valence-corrected chi connectivity index (χ3v) is 1.57. The smallest absolute Gasteiger partial charge is 0.240 e. The van der Waals surface area contributed by atoms with Gasteiger partial charge in [-0.3, -0.25) is 9.59 Å². The molecule has 0 saturated heterocycles. The lowest BCUT2D eigenvalue weighted by atomic mass is 10.0. The molecule has 0 spiro atoms. The summed E-state index contributed by atoms with van der Waals surface area (Å²) >= 11 is 0. The Kier molecular flexibility index (Phi) is 5.06. The quantitative estimate of drug-likeness (QED) is 0.512. The number of hydrogen-bond donors (Lipinski definition) is 3. The van der Waals surface area contributed by atoms with Crippen LogP contribution in [0.25, 0.3) is 0 Å². The van der Waals surface area contributed by atoms with E-state index in [9.17, 15) is 9.59 Å². The molecule has 0 aliphatic heterocycles. The number of nitrogens with two attached hydrogens (primary N) is 2. The maximum Gasteiger partial charge on any atom is 0.240 e. The number of carbonyl (C=O) groups is 2. The van der Waals surface area contributed by atoms with Crippen LogP contribution in [0.4, 0.5) is 0 Å². The van der Waals surface area contributed by atoms with Crippen LogP contribution < -0.4 is 16.8 Å². The molecule has 5 nitrogen and oxygen atoms in total. The van der Waals surface area contributed by atoms with Crippen molar-refractivity contribution in [2.75, 3.05) is 6.54 Å². The van der Waals surface area contributed by atoms with E-state index in [1.807, 2.05) is 13.8 Å². The number of hydrogen-bond acceptors (Lipinski definition) is 3. The molecule has 0 heterocycles. The lowest BCUT2D eigenvalue weighted by molar-refractivity contribution is -0.126. The molecule has 0 aromatic heterocycles. The van der Waals surface area contributed by atoms with E-state index >= 15 is 0 Å². The van der Waals surface area contributed by atoms with Gasteiger partial charge < -0.3 is 16.8 Å². The summed E-state index contributed by atoms with van der Waals surface area (Å²) in [6.07, 6.45) is 0.543. The Morgan fingerprint density at radius 3 is 2.23 bits per heavy atom. The Labute approximate surface area is 77.8 Å². The van der Waals surface area contributed by atoms with Gasteiger partial charge in [0.15, 0.2) is 0 Å². The molecule has 5 heteroatoms. The topological polar surface area (TPSA) is 98.2 Å². The average molecular weight is 187 g/mol. The summed E-state index contributed by atoms with van der Waals surface area (Å²) in [7, 11) is 0. The second-order valence-corrected chi connectivity index (χ2v) is 3.36. The second kappa shape index (κ2) is 5.53. The molecule has 0 radical (unpaired) electrons. The molecule has 5 N–H and O–H groups in total. The van der Waals surface area contributed by atoms with E-state index in [-0.39, 0.29) is 12.5 Å². The standard InChI is InChI=1S/C8H17N3O2/c1-5(2)3-6(8(10)13)11-7(12)4-9/h5-6H,3-4,9H2,1-2H3,(H2,10,13)(H,11,12)/t6-/m1/s1. The number of rotatable bonds is 5. The Hall–Kier alpha value is -1.10. The molecule has 0 fully saturated rings. The Bertz CT molecular complexity index is 192. The highest BCUT2D eigenvalue weighted by molar-refractivity contribution is 5.87. The van der Waals surface area contributed by atoms with Gasteiger partial charge in [-0.15, -0.1) is 0 Å². The molecule has 0 aliphatic rings. The molecular formula is C8H17N3O2. The van der Waals surface area contributed by atoms with Crippen LogP contribution in [0.2, 0.25) is 0 Å². The van der Waals surface area contributed by atoms with E-state index in [4.69, 9.17) is 11.5 Å². The van der Waals surface area contributed by atoms with Gasteiger partial charge in [0.25, 0.3) is 0 Å². The van der Waals surface area contributed by atoms with E-state index in [0.29, 0.717) is 12.3 Å². The van der Waals surface area contributed by atoms with Crippen LogP contribution in [0.1, 0.15) is 20.3 Å². The van der Waals surface area contributed by atoms with Gasteiger partial charge in [0, 0.05) is 0 Å². The van der Waals surface area contributed by atoms with Gasteiger partial charge in [-0.1, -0.05) is 13.8 Å². The molecule has 76 valence electrons. The maximum atomic E-state index is 10.9. The highest BCUT2D eigenvalue weighted by atomic mass is 16.2. The van der Waals surface area contributed by atoms with Crippen LogP contribution in [0.15, 0.2) is 0 Å². The third kappa shape index (κ3) is 5.19. The predicted octanol–water partition coefficient (Wildman–Crippen LogP) is -1.04. The van der Waals surface area contributed by atoms with Gasteiger partial charge in [-0.05, 0) is 12.3 Å². The van der Waals surface area contributed by atoms with E-state index in [0.717, 1.165) is 0 Å². The van der Waals surface area contributed by atoms with Crippen molar-refractivity contribution in [3.63, 3.8) is 0 Å². The molecule has 0 aromatic carbocycles. The van der Waals surface area contributed by atoms with Crippen molar-refractivity contribution in [2.24, 2.45) is 17.4 Å². The highest BCUT2D eigenvalue weighted by Crippen LogP contribution is 2.03. The Morgan fingerprint density at radius 1 is 1.38 bits per heavy atom. The van der Waals surface area contributed by atoms with Crippen molar-refractivity contribution in [1.82, 2.24) is 5.32 Å². The first-order valence-electron chi connectivity index (χ1n) is 4.26. The minimum atomic E-state index is -0.601. The van der Waals surface area contributed by atoms with Gasteiger partial charge in [-0.25, -0.2) is 0 Å². The Balaban J connectivity index is 4.10. The molecule has 1 atom stereocenters. The molecule has 0 unspecified atom stereocenters. The van der Waals surface area contributed by atoms with Gasteiger partial charge in [-0.2, -0.15) is 0 Å². The minimum absolute atomic E-state index is 0.123. The zero-order chi connectivity index (χ0) is 10.4. The molecule has 0 aromatic rings. The Morgan fingerprint density at radius 2 is 1.92 bits per heavy atom. The van der Waals surface area contributed by atoms with Crippen molar-refractivity contribution < 1.29 is 9.59 Å². The highest BCUT2D eigenvalue weighted by Gasteiger charge is 2.18. The van der Waals surface area contributed by atoms with Crippen LogP contribution in [0.3, 0.4) is 0 Å². The van der Waals surface area contributed by atoms with E-state index in [1.54, 1.807) is 0 Å². The summed E-state index contributed by atoms with van der Waals surface area (Å²) < 4.78 is 0. The average Bonchev–Trinajstić information content (AvgIpc) is 2.02. The number of carbonyl (C=O) groups excluding carboxylic acids is 2. The van der Waals surface area contributed by atoms with Crippen LogP contribution in [0, 0.1) is 5.92 Å². The SMILES string of the molecule is CC(C)C[C@@H](NC(=O)CN)C(N)=O. The summed E-state index contributed by atoms with van der Waals surface area (Å²) in [6, 6.07) is -0.601. The fraction of sp³-hybridized carbons (Fsp3) is 0.750. The van der Waals surface area contributed by atoms with Crippen molar-refractivity contribution in [1.29, 1.82) is 0 Å². The van der Waals surface area contributed by atoms with Crippen LogP contribution in [-0.2, 0) is 9.59 Å². The molecular weight excluding hydrogens is 170 g/mol. The second-order valence-electron chi connectivity index (χ2n) is 3.36. The number of primary amides is 1. The maximum absolute atomic E-state index is 10.9. The van der Waals surface area contributed by atoms with E-state index < -0.39 is 11.9 Å². The summed E-state index contributed by atoms with van der Waals surface area (Å²) in [5.74, 6) is -0.574. The van der Waals surface area contributed by atoms with Gasteiger partial charge in [0.2, 0.25) is 11.8 Å². The van der Waals surface area contributed by atoms with Crippen molar-refractivity contribution in [3.05, 3.63) is 0 Å². The fourth-order valence-electron chi connectivity index (χ4n) is 0.971. The molecule has 0 rings (SSSR count). The summed E-state index contributed by atoms with van der Waals surface area (Å²) in [6.45, 7) is 3.77. The van der Waals surface area contributed by atoms with Gasteiger partial charge >= 0.3 is 0 Å². The predicted molar refractivity (Wildman–Crippen MR) is 49.6 cm³/mol. The third-order valence-electron chi connectivity index (χ3n) is 1.57. The number of nitrogens with one attached hydrogen (secondary N) is 1.